The Morgan fingerprint density at radius 3 is 2.27 bits per heavy atom. The molecule has 2 saturated heterocycles. The van der Waals surface area contributed by atoms with Crippen molar-refractivity contribution in [1.29, 1.82) is 0 Å². The van der Waals surface area contributed by atoms with E-state index in [1.54, 1.807) is 20.9 Å². The number of nitrogens with zero attached hydrogens (tertiary/aromatic N) is 4. The lowest BCUT2D eigenvalue weighted by atomic mass is 9.98. The Hall–Kier alpha value is -4.32. The van der Waals surface area contributed by atoms with Gasteiger partial charge in [-0.2, -0.15) is 5.01 Å². The van der Waals surface area contributed by atoms with Crippen LogP contribution in [-0.2, 0) is 29.1 Å². The van der Waals surface area contributed by atoms with Crippen molar-refractivity contribution in [2.45, 2.75) is 31.7 Å². The Bertz CT molecular complexity index is 1410. The second-order valence-corrected chi connectivity index (χ2v) is 10.2. The minimum absolute atomic E-state index is 0.0661. The van der Waals surface area contributed by atoms with Crippen LogP contribution in [0.1, 0.15) is 16.7 Å². The highest BCUT2D eigenvalue weighted by atomic mass is 35.5. The van der Waals surface area contributed by atoms with Gasteiger partial charge < -0.3 is 15.1 Å². The normalized spacial score (nSPS) is 19.2. The SMILES string of the molecule is C#CCN1CC(=O)N2[C@@H](Cc3ccccc3)C(=O)N(Cc3ccccc3Cl)C[C@@H]2N1C(=O)NCc1ccccc1. The molecule has 0 aromatic heterocycles. The van der Waals surface area contributed by atoms with Crippen molar-refractivity contribution < 1.29 is 14.4 Å². The maximum absolute atomic E-state index is 14.0. The predicted molar refractivity (Wildman–Crippen MR) is 152 cm³/mol. The lowest BCUT2D eigenvalue weighted by Crippen LogP contribution is -2.76. The third kappa shape index (κ3) is 5.81. The van der Waals surface area contributed by atoms with E-state index in [1.165, 1.54) is 5.01 Å². The zero-order chi connectivity index (χ0) is 28.1. The molecule has 0 bridgehead atoms. The number of carbonyl (C=O) groups excluding carboxylic acids is 3. The summed E-state index contributed by atoms with van der Waals surface area (Å²) < 4.78 is 0. The predicted octanol–water partition coefficient (Wildman–Crippen LogP) is 3.52. The van der Waals surface area contributed by atoms with Crippen molar-refractivity contribution in [3.05, 3.63) is 107 Å². The molecule has 2 aliphatic rings. The number of amides is 4. The average Bonchev–Trinajstić information content (AvgIpc) is 2.96. The molecule has 2 atom stereocenters. The molecule has 8 nitrogen and oxygen atoms in total. The molecule has 3 aromatic rings. The number of piperazine rings is 1. The first-order chi connectivity index (χ1) is 19.5. The Morgan fingerprint density at radius 2 is 1.60 bits per heavy atom. The third-order valence-corrected chi connectivity index (χ3v) is 7.56. The number of fused-ring (bicyclic) bond motifs is 1. The molecule has 40 heavy (non-hydrogen) atoms. The fourth-order valence-electron chi connectivity index (χ4n) is 5.30. The first-order valence-corrected chi connectivity index (χ1v) is 13.5. The van der Waals surface area contributed by atoms with E-state index in [2.05, 4.69) is 11.2 Å². The molecule has 5 rings (SSSR count). The number of hydrogen-bond donors (Lipinski definition) is 1. The number of carbonyl (C=O) groups is 3. The zero-order valence-electron chi connectivity index (χ0n) is 21.9. The summed E-state index contributed by atoms with van der Waals surface area (Å²) in [7, 11) is 0. The van der Waals surface area contributed by atoms with Gasteiger partial charge in [-0.1, -0.05) is 96.4 Å². The molecule has 2 heterocycles. The summed E-state index contributed by atoms with van der Waals surface area (Å²) in [6.07, 6.45) is 5.21. The molecule has 2 aliphatic heterocycles. The lowest BCUT2D eigenvalue weighted by Gasteiger charge is -2.55. The molecular weight excluding hydrogens is 526 g/mol. The second-order valence-electron chi connectivity index (χ2n) is 9.81. The van der Waals surface area contributed by atoms with Crippen LogP contribution in [0, 0.1) is 12.3 Å². The third-order valence-electron chi connectivity index (χ3n) is 7.19. The van der Waals surface area contributed by atoms with E-state index in [0.29, 0.717) is 18.0 Å². The van der Waals surface area contributed by atoms with Crippen LogP contribution in [0.4, 0.5) is 4.79 Å². The Morgan fingerprint density at radius 1 is 0.950 bits per heavy atom. The molecule has 4 amide bonds. The van der Waals surface area contributed by atoms with Crippen LogP contribution in [0.3, 0.4) is 0 Å². The number of hydrogen-bond acceptors (Lipinski definition) is 4. The minimum Gasteiger partial charge on any atom is -0.333 e. The smallest absolute Gasteiger partial charge is 0.333 e. The minimum atomic E-state index is -0.798. The molecule has 204 valence electrons. The highest BCUT2D eigenvalue weighted by Crippen LogP contribution is 2.30. The molecule has 3 aromatic carbocycles. The van der Waals surface area contributed by atoms with Gasteiger partial charge in [-0.15, -0.1) is 6.42 Å². The first-order valence-electron chi connectivity index (χ1n) is 13.1. The fraction of sp³-hybridized carbons (Fsp3) is 0.258. The van der Waals surface area contributed by atoms with Crippen molar-refractivity contribution >= 4 is 29.4 Å². The van der Waals surface area contributed by atoms with Gasteiger partial charge in [0.25, 0.3) is 0 Å². The number of benzene rings is 3. The topological polar surface area (TPSA) is 76.2 Å². The molecule has 9 heteroatoms. The van der Waals surface area contributed by atoms with Gasteiger partial charge in [0.05, 0.1) is 19.6 Å². The number of urea groups is 1. The number of nitrogens with one attached hydrogen (secondary N) is 1. The van der Waals surface area contributed by atoms with Crippen molar-refractivity contribution in [2.24, 2.45) is 0 Å². The summed E-state index contributed by atoms with van der Waals surface area (Å²) in [4.78, 5) is 44.5. The zero-order valence-corrected chi connectivity index (χ0v) is 22.7. The standard InChI is InChI=1S/C31H30ClN5O3/c1-2-17-35-22-29(38)36-27(18-23-11-5-3-6-12-23)30(39)34(20-25-15-9-10-16-26(25)32)21-28(36)37(35)31(40)33-19-24-13-7-4-8-14-24/h1,3-16,27-28H,17-22H2,(H,33,40)/t27-,28-/m0/s1. The van der Waals surface area contributed by atoms with Crippen molar-refractivity contribution in [3.63, 3.8) is 0 Å². The average molecular weight is 556 g/mol. The summed E-state index contributed by atoms with van der Waals surface area (Å²) in [5.41, 5.74) is 2.63. The van der Waals surface area contributed by atoms with Crippen LogP contribution in [0.5, 0.6) is 0 Å². The summed E-state index contributed by atoms with van der Waals surface area (Å²) in [5.74, 6) is 2.12. The summed E-state index contributed by atoms with van der Waals surface area (Å²) in [6, 6.07) is 25.3. The van der Waals surface area contributed by atoms with E-state index in [4.69, 9.17) is 18.0 Å². The second kappa shape index (κ2) is 12.2. The largest absolute Gasteiger partial charge is 0.334 e. The van der Waals surface area contributed by atoms with E-state index < -0.39 is 18.2 Å². The van der Waals surface area contributed by atoms with Crippen LogP contribution in [0.2, 0.25) is 5.02 Å². The maximum Gasteiger partial charge on any atom is 0.334 e. The van der Waals surface area contributed by atoms with Gasteiger partial charge in [-0.3, -0.25) is 9.59 Å². The molecule has 1 N–H and O–H groups in total. The van der Waals surface area contributed by atoms with Crippen LogP contribution >= 0.6 is 11.6 Å². The Kier molecular flexibility index (Phi) is 8.34. The lowest BCUT2D eigenvalue weighted by molar-refractivity contribution is -0.189. The van der Waals surface area contributed by atoms with Gasteiger partial charge in [-0.05, 0) is 22.8 Å². The molecule has 0 unspecified atom stereocenters. The fourth-order valence-corrected chi connectivity index (χ4v) is 5.50. The van der Waals surface area contributed by atoms with Crippen LogP contribution in [0.15, 0.2) is 84.9 Å². The summed E-state index contributed by atoms with van der Waals surface area (Å²) in [6.45, 7) is 0.619. The summed E-state index contributed by atoms with van der Waals surface area (Å²) >= 11 is 6.45. The molecule has 0 saturated carbocycles. The van der Waals surface area contributed by atoms with Gasteiger partial charge in [0, 0.05) is 24.5 Å². The van der Waals surface area contributed by atoms with Gasteiger partial charge in [0.1, 0.15) is 12.2 Å². The molecule has 0 spiro atoms. The van der Waals surface area contributed by atoms with E-state index in [1.807, 2.05) is 78.9 Å². The van der Waals surface area contributed by atoms with Crippen LogP contribution < -0.4 is 5.32 Å². The van der Waals surface area contributed by atoms with Gasteiger partial charge >= 0.3 is 6.03 Å². The van der Waals surface area contributed by atoms with Crippen molar-refractivity contribution in [2.75, 3.05) is 19.6 Å². The summed E-state index contributed by atoms with van der Waals surface area (Å²) in [5, 5.41) is 6.60. The maximum atomic E-state index is 14.0. The molecule has 0 aliphatic carbocycles. The highest BCUT2D eigenvalue weighted by molar-refractivity contribution is 6.31. The monoisotopic (exact) mass is 555 g/mol. The number of rotatable bonds is 7. The number of hydrazine groups is 1. The van der Waals surface area contributed by atoms with Crippen LogP contribution in [-0.4, -0.2) is 69.5 Å². The van der Waals surface area contributed by atoms with Gasteiger partial charge in [0.15, 0.2) is 0 Å². The molecule has 0 radical (unpaired) electrons. The Balaban J connectivity index is 1.50. The number of terminal acetylenes is 1. The quantitative estimate of drug-likeness (QED) is 0.453. The molecular formula is C31H30ClN5O3. The van der Waals surface area contributed by atoms with E-state index >= 15 is 0 Å². The van der Waals surface area contributed by atoms with Crippen LogP contribution in [0.25, 0.3) is 0 Å². The highest BCUT2D eigenvalue weighted by Gasteiger charge is 2.51. The van der Waals surface area contributed by atoms with E-state index in [9.17, 15) is 14.4 Å². The molecule has 2 fully saturated rings. The van der Waals surface area contributed by atoms with Crippen molar-refractivity contribution in [1.82, 2.24) is 25.1 Å². The van der Waals surface area contributed by atoms with E-state index in [0.717, 1.165) is 16.7 Å². The van der Waals surface area contributed by atoms with Gasteiger partial charge in [-0.25, -0.2) is 9.80 Å². The first kappa shape index (κ1) is 27.3. The number of halogens is 1. The Labute approximate surface area is 239 Å². The van der Waals surface area contributed by atoms with Crippen molar-refractivity contribution in [3.8, 4) is 12.3 Å². The van der Waals surface area contributed by atoms with E-state index in [-0.39, 0.29) is 38.0 Å². The van der Waals surface area contributed by atoms with Gasteiger partial charge in [0.2, 0.25) is 11.8 Å².